The van der Waals surface area contributed by atoms with Gasteiger partial charge >= 0.3 is 0 Å². The summed E-state index contributed by atoms with van der Waals surface area (Å²) in [4.78, 5) is 14.2. The lowest BCUT2D eigenvalue weighted by Gasteiger charge is -2.26. The highest BCUT2D eigenvalue weighted by molar-refractivity contribution is 5.81. The first-order chi connectivity index (χ1) is 9.49. The number of hydrogen-bond donors (Lipinski definition) is 2. The van der Waals surface area contributed by atoms with E-state index in [2.05, 4.69) is 18.3 Å². The largest absolute Gasteiger partial charge is 0.352 e. The van der Waals surface area contributed by atoms with Gasteiger partial charge in [-0.15, -0.1) is 0 Å². The summed E-state index contributed by atoms with van der Waals surface area (Å²) in [5, 5.41) is 3.02. The third kappa shape index (κ3) is 4.62. The number of carbonyl (C=O) groups is 1. The Morgan fingerprint density at radius 1 is 1.30 bits per heavy atom. The highest BCUT2D eigenvalue weighted by atomic mass is 16.2. The van der Waals surface area contributed by atoms with E-state index in [1.807, 2.05) is 44.0 Å². The Kier molecular flexibility index (Phi) is 6.68. The first-order valence-electron chi connectivity index (χ1n) is 7.27. The van der Waals surface area contributed by atoms with E-state index < -0.39 is 0 Å². The molecule has 0 saturated heterocycles. The van der Waals surface area contributed by atoms with Crippen LogP contribution in [0.15, 0.2) is 24.3 Å². The zero-order chi connectivity index (χ0) is 15.1. The van der Waals surface area contributed by atoms with Crippen LogP contribution >= 0.6 is 0 Å². The molecule has 1 amide bonds. The molecule has 2 unspecified atom stereocenters. The van der Waals surface area contributed by atoms with Crippen molar-refractivity contribution in [3.63, 3.8) is 0 Å². The molecule has 0 aliphatic carbocycles. The number of nitrogens with one attached hydrogen (secondary N) is 1. The van der Waals surface area contributed by atoms with Crippen LogP contribution in [-0.4, -0.2) is 29.9 Å². The van der Waals surface area contributed by atoms with Gasteiger partial charge in [0.05, 0.1) is 6.04 Å². The maximum absolute atomic E-state index is 12.1. The van der Waals surface area contributed by atoms with Gasteiger partial charge in [0.1, 0.15) is 0 Å². The van der Waals surface area contributed by atoms with Gasteiger partial charge in [-0.25, -0.2) is 0 Å². The van der Waals surface area contributed by atoms with Gasteiger partial charge in [-0.05, 0) is 38.4 Å². The summed E-state index contributed by atoms with van der Waals surface area (Å²) < 4.78 is 0. The van der Waals surface area contributed by atoms with Crippen LogP contribution in [0.5, 0.6) is 0 Å². The lowest BCUT2D eigenvalue weighted by atomic mass is 10.1. The van der Waals surface area contributed by atoms with Crippen LogP contribution in [0.3, 0.4) is 0 Å². The van der Waals surface area contributed by atoms with E-state index in [0.717, 1.165) is 18.5 Å². The summed E-state index contributed by atoms with van der Waals surface area (Å²) in [5.41, 5.74) is 8.06. The average molecular weight is 277 g/mol. The molecule has 4 nitrogen and oxygen atoms in total. The van der Waals surface area contributed by atoms with Crippen LogP contribution < -0.4 is 11.1 Å². The zero-order valence-electron chi connectivity index (χ0n) is 13.0. The normalized spacial score (nSPS) is 14.1. The van der Waals surface area contributed by atoms with Gasteiger partial charge < -0.3 is 11.1 Å². The molecular formula is C16H27N3O. The van der Waals surface area contributed by atoms with E-state index >= 15 is 0 Å². The lowest BCUT2D eigenvalue weighted by molar-refractivity contribution is -0.126. The Bertz CT molecular complexity index is 433. The first kappa shape index (κ1) is 16.7. The van der Waals surface area contributed by atoms with E-state index in [0.29, 0.717) is 6.54 Å². The van der Waals surface area contributed by atoms with Crippen molar-refractivity contribution in [1.29, 1.82) is 0 Å². The molecule has 0 fully saturated rings. The summed E-state index contributed by atoms with van der Waals surface area (Å²) in [6.07, 6.45) is 0.943. The van der Waals surface area contributed by atoms with Gasteiger partial charge in [-0.1, -0.05) is 31.2 Å². The molecule has 0 aromatic heterocycles. The number of carbonyl (C=O) groups excluding carboxylic acids is 1. The van der Waals surface area contributed by atoms with Crippen LogP contribution in [0, 0.1) is 0 Å². The minimum absolute atomic E-state index is 0.0760. The molecule has 20 heavy (non-hydrogen) atoms. The molecule has 2 atom stereocenters. The summed E-state index contributed by atoms with van der Waals surface area (Å²) >= 11 is 0. The molecule has 1 aromatic carbocycles. The van der Waals surface area contributed by atoms with Crippen molar-refractivity contribution < 1.29 is 4.79 Å². The molecule has 112 valence electrons. The third-order valence-electron chi connectivity index (χ3n) is 3.80. The quantitative estimate of drug-likeness (QED) is 0.800. The van der Waals surface area contributed by atoms with Gasteiger partial charge in [0.2, 0.25) is 5.91 Å². The van der Waals surface area contributed by atoms with Crippen molar-refractivity contribution in [3.8, 4) is 0 Å². The van der Waals surface area contributed by atoms with Crippen molar-refractivity contribution in [2.45, 2.75) is 52.4 Å². The Morgan fingerprint density at radius 3 is 2.45 bits per heavy atom. The number of hydrogen-bond acceptors (Lipinski definition) is 3. The molecule has 1 aromatic rings. The van der Waals surface area contributed by atoms with Gasteiger partial charge in [-0.2, -0.15) is 0 Å². The van der Waals surface area contributed by atoms with Gasteiger partial charge in [-0.3, -0.25) is 9.69 Å². The van der Waals surface area contributed by atoms with Crippen molar-refractivity contribution in [1.82, 2.24) is 10.2 Å². The minimum atomic E-state index is -0.158. The van der Waals surface area contributed by atoms with Crippen LogP contribution in [0.4, 0.5) is 0 Å². The van der Waals surface area contributed by atoms with E-state index in [9.17, 15) is 4.79 Å². The van der Waals surface area contributed by atoms with Gasteiger partial charge in [0, 0.05) is 19.1 Å². The predicted molar refractivity (Wildman–Crippen MR) is 83.2 cm³/mol. The maximum Gasteiger partial charge on any atom is 0.237 e. The summed E-state index contributed by atoms with van der Waals surface area (Å²) in [6, 6.07) is 8.16. The van der Waals surface area contributed by atoms with Gasteiger partial charge in [0.15, 0.2) is 0 Å². The van der Waals surface area contributed by atoms with Crippen molar-refractivity contribution in [2.75, 3.05) is 7.05 Å². The third-order valence-corrected chi connectivity index (χ3v) is 3.80. The Balaban J connectivity index is 2.65. The maximum atomic E-state index is 12.1. The molecule has 3 N–H and O–H groups in total. The van der Waals surface area contributed by atoms with Gasteiger partial charge in [0.25, 0.3) is 0 Å². The van der Waals surface area contributed by atoms with E-state index in [1.165, 1.54) is 5.56 Å². The Hall–Kier alpha value is -1.39. The SMILES string of the molecule is CCC(C)NC(=O)C(C)N(C)Cc1ccccc1CN. The fraction of sp³-hybridized carbons (Fsp3) is 0.562. The zero-order valence-corrected chi connectivity index (χ0v) is 13.0. The van der Waals surface area contributed by atoms with Crippen LogP contribution in [0.2, 0.25) is 0 Å². The molecule has 0 heterocycles. The minimum Gasteiger partial charge on any atom is -0.352 e. The Labute approximate surface area is 122 Å². The summed E-state index contributed by atoms with van der Waals surface area (Å²) in [6.45, 7) is 7.27. The van der Waals surface area contributed by atoms with Crippen LogP contribution in [0.1, 0.15) is 38.3 Å². The average Bonchev–Trinajstić information content (AvgIpc) is 2.46. The van der Waals surface area contributed by atoms with E-state index in [1.54, 1.807) is 0 Å². The van der Waals surface area contributed by atoms with Crippen molar-refractivity contribution in [2.24, 2.45) is 5.73 Å². The fourth-order valence-corrected chi connectivity index (χ4v) is 1.98. The number of amides is 1. The number of nitrogens with two attached hydrogens (primary N) is 1. The first-order valence-corrected chi connectivity index (χ1v) is 7.27. The molecule has 0 aliphatic heterocycles. The highest BCUT2D eigenvalue weighted by Gasteiger charge is 2.19. The topological polar surface area (TPSA) is 58.4 Å². The molecule has 0 bridgehead atoms. The molecule has 4 heteroatoms. The summed E-state index contributed by atoms with van der Waals surface area (Å²) in [7, 11) is 1.97. The molecule has 0 radical (unpaired) electrons. The predicted octanol–water partition coefficient (Wildman–Crippen LogP) is 1.88. The molecule has 1 rings (SSSR count). The lowest BCUT2D eigenvalue weighted by Crippen LogP contribution is -2.45. The molecular weight excluding hydrogens is 250 g/mol. The second kappa shape index (κ2) is 8.02. The van der Waals surface area contributed by atoms with E-state index in [4.69, 9.17) is 5.73 Å². The second-order valence-corrected chi connectivity index (χ2v) is 5.38. The highest BCUT2D eigenvalue weighted by Crippen LogP contribution is 2.12. The molecule has 0 aliphatic rings. The smallest absolute Gasteiger partial charge is 0.237 e. The molecule has 0 saturated carbocycles. The van der Waals surface area contributed by atoms with Crippen LogP contribution in [0.25, 0.3) is 0 Å². The number of benzene rings is 1. The second-order valence-electron chi connectivity index (χ2n) is 5.38. The Morgan fingerprint density at radius 2 is 1.90 bits per heavy atom. The molecule has 0 spiro atoms. The number of nitrogens with zero attached hydrogens (tertiary/aromatic N) is 1. The van der Waals surface area contributed by atoms with E-state index in [-0.39, 0.29) is 18.0 Å². The number of likely N-dealkylation sites (N-methyl/N-ethyl adjacent to an activating group) is 1. The monoisotopic (exact) mass is 277 g/mol. The number of rotatable bonds is 7. The van der Waals surface area contributed by atoms with Crippen molar-refractivity contribution >= 4 is 5.91 Å². The van der Waals surface area contributed by atoms with Crippen molar-refractivity contribution in [3.05, 3.63) is 35.4 Å². The fourth-order valence-electron chi connectivity index (χ4n) is 1.98. The summed E-state index contributed by atoms with van der Waals surface area (Å²) in [5.74, 6) is 0.0760. The standard InChI is InChI=1S/C16H27N3O/c1-5-12(2)18-16(20)13(3)19(4)11-15-9-7-6-8-14(15)10-17/h6-9,12-13H,5,10-11,17H2,1-4H3,(H,18,20). The van der Waals surface area contributed by atoms with Crippen LogP contribution in [-0.2, 0) is 17.9 Å².